The molecule has 0 atom stereocenters. The quantitative estimate of drug-likeness (QED) is 0.535. The van der Waals surface area contributed by atoms with Gasteiger partial charge in [0.2, 0.25) is 0 Å². The van der Waals surface area contributed by atoms with Gasteiger partial charge in [-0.15, -0.1) is 0 Å². The zero-order chi connectivity index (χ0) is 21.3. The lowest BCUT2D eigenvalue weighted by atomic mass is 9.85. The minimum absolute atomic E-state index is 0.218. The number of rotatable bonds is 6. The number of ether oxygens (including phenoxy) is 2. The molecule has 0 saturated heterocycles. The first-order chi connectivity index (χ1) is 14.3. The molecule has 1 fully saturated rings. The molecule has 4 rings (SSSR count). The van der Waals surface area contributed by atoms with Crippen molar-refractivity contribution in [2.24, 2.45) is 0 Å². The van der Waals surface area contributed by atoms with Crippen molar-refractivity contribution in [2.75, 3.05) is 7.11 Å². The highest BCUT2D eigenvalue weighted by atomic mass is 19.4. The third-order valence-electron chi connectivity index (χ3n) is 5.17. The van der Waals surface area contributed by atoms with Crippen molar-refractivity contribution in [3.63, 3.8) is 0 Å². The molecule has 1 aliphatic rings. The lowest BCUT2D eigenvalue weighted by Gasteiger charge is -2.22. The summed E-state index contributed by atoms with van der Waals surface area (Å²) in [6.07, 6.45) is 1.17. The summed E-state index contributed by atoms with van der Waals surface area (Å²) in [5, 5.41) is 0. The number of aromatic amines is 1. The number of hydrogen-bond donors (Lipinski definition) is 1. The van der Waals surface area contributed by atoms with E-state index in [1.807, 2.05) is 0 Å². The van der Waals surface area contributed by atoms with Crippen LogP contribution in [-0.4, -0.2) is 22.1 Å². The van der Waals surface area contributed by atoms with Crippen LogP contribution in [0.4, 0.5) is 17.6 Å². The summed E-state index contributed by atoms with van der Waals surface area (Å²) in [5.74, 6) is 1.25. The van der Waals surface area contributed by atoms with E-state index in [1.165, 1.54) is 13.5 Å². The van der Waals surface area contributed by atoms with E-state index in [0.717, 1.165) is 29.9 Å². The smallest absolute Gasteiger partial charge is 0.417 e. The van der Waals surface area contributed by atoms with Gasteiger partial charge in [0.15, 0.2) is 0 Å². The standard InChI is InChI=1S/C21H19F4N3O2/c1-29-19-8-14(30-11-18-16(22)7-13(9-26-18)21(23,24)25)5-6-15(19)17-10-27-20(28-17)12-3-2-4-12/h5-10,12H,2-4,11H2,1H3,(H,27,28). The Morgan fingerprint density at radius 2 is 1.93 bits per heavy atom. The summed E-state index contributed by atoms with van der Waals surface area (Å²) >= 11 is 0. The number of nitrogens with zero attached hydrogens (tertiary/aromatic N) is 2. The molecule has 1 aromatic carbocycles. The number of methoxy groups -OCH3 is 1. The lowest BCUT2D eigenvalue weighted by molar-refractivity contribution is -0.138. The summed E-state index contributed by atoms with van der Waals surface area (Å²) in [4.78, 5) is 11.3. The Labute approximate surface area is 170 Å². The predicted octanol–water partition coefficient (Wildman–Crippen LogP) is 5.48. The molecular weight excluding hydrogens is 402 g/mol. The molecule has 158 valence electrons. The van der Waals surface area contributed by atoms with E-state index in [2.05, 4.69) is 15.0 Å². The first-order valence-electron chi connectivity index (χ1n) is 9.43. The number of H-pyrrole nitrogens is 1. The molecule has 30 heavy (non-hydrogen) atoms. The van der Waals surface area contributed by atoms with Gasteiger partial charge in [0, 0.05) is 23.7 Å². The molecule has 9 heteroatoms. The average Bonchev–Trinajstić information content (AvgIpc) is 3.13. The molecule has 0 aliphatic heterocycles. The van der Waals surface area contributed by atoms with Crippen molar-refractivity contribution < 1.29 is 27.0 Å². The summed E-state index contributed by atoms with van der Waals surface area (Å²) in [5.41, 5.74) is 0.248. The van der Waals surface area contributed by atoms with Gasteiger partial charge in [0.1, 0.15) is 35.4 Å². The second-order valence-electron chi connectivity index (χ2n) is 7.11. The molecule has 2 heterocycles. The largest absolute Gasteiger partial charge is 0.496 e. The monoisotopic (exact) mass is 421 g/mol. The fourth-order valence-electron chi connectivity index (χ4n) is 3.23. The van der Waals surface area contributed by atoms with Gasteiger partial charge in [0.05, 0.1) is 24.6 Å². The summed E-state index contributed by atoms with van der Waals surface area (Å²) in [6.45, 7) is -0.317. The number of aromatic nitrogens is 3. The Bertz CT molecular complexity index is 1040. The number of imidazole rings is 1. The molecule has 1 aliphatic carbocycles. The number of nitrogens with one attached hydrogen (secondary N) is 1. The van der Waals surface area contributed by atoms with Crippen molar-refractivity contribution in [2.45, 2.75) is 38.0 Å². The Kier molecular flexibility index (Phi) is 5.36. The van der Waals surface area contributed by atoms with Crippen LogP contribution < -0.4 is 9.47 Å². The minimum Gasteiger partial charge on any atom is -0.496 e. The van der Waals surface area contributed by atoms with E-state index in [-0.39, 0.29) is 12.3 Å². The Morgan fingerprint density at radius 1 is 1.13 bits per heavy atom. The second-order valence-corrected chi connectivity index (χ2v) is 7.11. The predicted molar refractivity (Wildman–Crippen MR) is 101 cm³/mol. The van der Waals surface area contributed by atoms with Gasteiger partial charge < -0.3 is 14.5 Å². The van der Waals surface area contributed by atoms with Crippen LogP contribution in [0.5, 0.6) is 11.5 Å². The van der Waals surface area contributed by atoms with Gasteiger partial charge in [-0.05, 0) is 31.0 Å². The highest BCUT2D eigenvalue weighted by Crippen LogP contribution is 2.37. The second kappa shape index (κ2) is 7.97. The lowest BCUT2D eigenvalue weighted by Crippen LogP contribution is -2.10. The van der Waals surface area contributed by atoms with Crippen LogP contribution in [0, 0.1) is 5.82 Å². The van der Waals surface area contributed by atoms with Crippen molar-refractivity contribution in [1.29, 1.82) is 0 Å². The summed E-state index contributed by atoms with van der Waals surface area (Å²) < 4.78 is 62.8. The van der Waals surface area contributed by atoms with Crippen LogP contribution in [0.25, 0.3) is 11.3 Å². The number of pyridine rings is 1. The normalized spacial score (nSPS) is 14.4. The van der Waals surface area contributed by atoms with E-state index >= 15 is 0 Å². The average molecular weight is 421 g/mol. The third kappa shape index (κ3) is 4.10. The van der Waals surface area contributed by atoms with E-state index in [4.69, 9.17) is 9.47 Å². The molecule has 0 radical (unpaired) electrons. The summed E-state index contributed by atoms with van der Waals surface area (Å²) in [7, 11) is 1.52. The van der Waals surface area contributed by atoms with Gasteiger partial charge in [0.25, 0.3) is 0 Å². The number of halogens is 4. The molecule has 1 saturated carbocycles. The molecule has 3 aromatic rings. The molecule has 0 unspecified atom stereocenters. The first-order valence-corrected chi connectivity index (χ1v) is 9.43. The molecule has 5 nitrogen and oxygen atoms in total. The maximum Gasteiger partial charge on any atom is 0.417 e. The number of benzene rings is 1. The zero-order valence-corrected chi connectivity index (χ0v) is 16.1. The van der Waals surface area contributed by atoms with Crippen LogP contribution >= 0.6 is 0 Å². The van der Waals surface area contributed by atoms with E-state index < -0.39 is 17.6 Å². The van der Waals surface area contributed by atoms with Gasteiger partial charge in [-0.1, -0.05) is 6.42 Å². The van der Waals surface area contributed by atoms with E-state index in [0.29, 0.717) is 29.7 Å². The van der Waals surface area contributed by atoms with Crippen molar-refractivity contribution in [3.05, 3.63) is 59.6 Å². The maximum absolute atomic E-state index is 13.9. The Hall–Kier alpha value is -3.10. The van der Waals surface area contributed by atoms with Crippen LogP contribution in [0.15, 0.2) is 36.7 Å². The Balaban J connectivity index is 1.48. The van der Waals surface area contributed by atoms with Crippen molar-refractivity contribution in [1.82, 2.24) is 15.0 Å². The van der Waals surface area contributed by atoms with Gasteiger partial charge in [-0.3, -0.25) is 4.98 Å². The number of hydrogen-bond acceptors (Lipinski definition) is 4. The zero-order valence-electron chi connectivity index (χ0n) is 16.1. The molecular formula is C21H19F4N3O2. The third-order valence-corrected chi connectivity index (χ3v) is 5.17. The molecule has 0 spiro atoms. The maximum atomic E-state index is 13.9. The molecule has 2 aromatic heterocycles. The topological polar surface area (TPSA) is 60.0 Å². The van der Waals surface area contributed by atoms with Crippen LogP contribution in [0.1, 0.15) is 42.3 Å². The fraction of sp³-hybridized carbons (Fsp3) is 0.333. The van der Waals surface area contributed by atoms with Crippen molar-refractivity contribution in [3.8, 4) is 22.8 Å². The van der Waals surface area contributed by atoms with Crippen LogP contribution in [-0.2, 0) is 12.8 Å². The van der Waals surface area contributed by atoms with Crippen molar-refractivity contribution >= 4 is 0 Å². The van der Waals surface area contributed by atoms with Crippen LogP contribution in [0.2, 0.25) is 0 Å². The van der Waals surface area contributed by atoms with Crippen LogP contribution in [0.3, 0.4) is 0 Å². The highest BCUT2D eigenvalue weighted by Gasteiger charge is 2.32. The number of alkyl halides is 3. The molecule has 0 amide bonds. The van der Waals surface area contributed by atoms with E-state index in [1.54, 1.807) is 24.4 Å². The summed E-state index contributed by atoms with van der Waals surface area (Å²) in [6, 6.07) is 5.49. The van der Waals surface area contributed by atoms with E-state index in [9.17, 15) is 17.6 Å². The Morgan fingerprint density at radius 3 is 2.57 bits per heavy atom. The minimum atomic E-state index is -4.65. The SMILES string of the molecule is COc1cc(OCc2ncc(C(F)(F)F)cc2F)ccc1-c1cnc(C2CCC2)[nH]1. The molecule has 1 N–H and O–H groups in total. The highest BCUT2D eigenvalue weighted by molar-refractivity contribution is 5.68. The van der Waals surface area contributed by atoms with Gasteiger partial charge in [-0.25, -0.2) is 9.37 Å². The molecule has 0 bridgehead atoms. The first kappa shape index (κ1) is 20.2. The van der Waals surface area contributed by atoms with Gasteiger partial charge in [-0.2, -0.15) is 13.2 Å². The fourth-order valence-corrected chi connectivity index (χ4v) is 3.23. The van der Waals surface area contributed by atoms with Gasteiger partial charge >= 0.3 is 6.18 Å².